The highest BCUT2D eigenvalue weighted by Crippen LogP contribution is 2.40. The van der Waals surface area contributed by atoms with Crippen LogP contribution in [0.3, 0.4) is 0 Å². The van der Waals surface area contributed by atoms with E-state index in [0.29, 0.717) is 18.3 Å². The van der Waals surface area contributed by atoms with Crippen LogP contribution in [0, 0.1) is 11.7 Å². The Morgan fingerprint density at radius 3 is 2.72 bits per heavy atom. The molecule has 2 fully saturated rings. The number of halogens is 2. The van der Waals surface area contributed by atoms with Gasteiger partial charge < -0.3 is 9.64 Å². The standard InChI is InChI=1S/C20H17BrFN5O2/c21-13-4-5-18(23-10-13)29-17-9-12-8-16(17)26(11-12)20(28)14-2-1-3-15(22)19(14)27-24-6-7-25-27/h1-7,10,12,16-17H,8-9,11H2/t12?,16-,17?/m1/s1. The highest BCUT2D eigenvalue weighted by atomic mass is 79.9. The number of nitrogens with zero attached hydrogens (tertiary/aromatic N) is 5. The molecule has 148 valence electrons. The van der Waals surface area contributed by atoms with E-state index in [0.717, 1.165) is 22.1 Å². The third-order valence-electron chi connectivity index (χ3n) is 5.49. The monoisotopic (exact) mass is 457 g/mol. The van der Waals surface area contributed by atoms with E-state index in [-0.39, 0.29) is 29.3 Å². The zero-order valence-electron chi connectivity index (χ0n) is 15.3. The van der Waals surface area contributed by atoms with Gasteiger partial charge in [-0.1, -0.05) is 6.07 Å². The number of fused-ring (bicyclic) bond motifs is 2. The number of carbonyl (C=O) groups is 1. The van der Waals surface area contributed by atoms with Crippen molar-refractivity contribution >= 4 is 21.8 Å². The van der Waals surface area contributed by atoms with Gasteiger partial charge in [0.2, 0.25) is 5.88 Å². The molecule has 0 N–H and O–H groups in total. The quantitative estimate of drug-likeness (QED) is 0.601. The largest absolute Gasteiger partial charge is 0.472 e. The molecule has 9 heteroatoms. The van der Waals surface area contributed by atoms with Gasteiger partial charge in [-0.2, -0.15) is 10.2 Å². The lowest BCUT2D eigenvalue weighted by atomic mass is 10.1. The normalized spacial score (nSPS) is 22.8. The maximum absolute atomic E-state index is 14.5. The van der Waals surface area contributed by atoms with Crippen LogP contribution in [0.2, 0.25) is 0 Å². The van der Waals surface area contributed by atoms with Crippen molar-refractivity contribution in [1.82, 2.24) is 24.9 Å². The number of amides is 1. The summed E-state index contributed by atoms with van der Waals surface area (Å²) < 4.78 is 21.5. The summed E-state index contributed by atoms with van der Waals surface area (Å²) in [6, 6.07) is 8.05. The number of aromatic nitrogens is 4. The highest BCUT2D eigenvalue weighted by Gasteiger charge is 2.48. The number of likely N-dealkylation sites (tertiary alicyclic amines) is 1. The maximum Gasteiger partial charge on any atom is 0.256 e. The molecule has 3 heterocycles. The number of ether oxygens (including phenoxy) is 1. The Labute approximate surface area is 174 Å². The lowest BCUT2D eigenvalue weighted by molar-refractivity contribution is 0.0466. The fourth-order valence-electron chi connectivity index (χ4n) is 4.29. The Balaban J connectivity index is 1.41. The molecule has 2 unspecified atom stereocenters. The van der Waals surface area contributed by atoms with Crippen molar-refractivity contribution in [2.24, 2.45) is 5.92 Å². The topological polar surface area (TPSA) is 73.1 Å². The van der Waals surface area contributed by atoms with Gasteiger partial charge >= 0.3 is 0 Å². The van der Waals surface area contributed by atoms with E-state index >= 15 is 0 Å². The number of rotatable bonds is 4. The van der Waals surface area contributed by atoms with Crippen molar-refractivity contribution in [3.63, 3.8) is 0 Å². The highest BCUT2D eigenvalue weighted by molar-refractivity contribution is 9.10. The average Bonchev–Trinajstić information content (AvgIpc) is 3.46. The van der Waals surface area contributed by atoms with E-state index in [9.17, 15) is 9.18 Å². The first-order chi connectivity index (χ1) is 14.1. The van der Waals surface area contributed by atoms with Crippen LogP contribution >= 0.6 is 15.9 Å². The molecule has 3 atom stereocenters. The number of pyridine rings is 1. The van der Waals surface area contributed by atoms with Crippen LogP contribution in [0.4, 0.5) is 4.39 Å². The molecule has 0 spiro atoms. The minimum atomic E-state index is -0.539. The van der Waals surface area contributed by atoms with Crippen LogP contribution in [-0.2, 0) is 0 Å². The Kier molecular flexibility index (Phi) is 4.54. The number of hydrogen-bond acceptors (Lipinski definition) is 5. The number of para-hydroxylation sites is 1. The third-order valence-corrected chi connectivity index (χ3v) is 5.96. The van der Waals surface area contributed by atoms with E-state index in [1.54, 1.807) is 23.2 Å². The Hall–Kier alpha value is -2.81. The summed E-state index contributed by atoms with van der Waals surface area (Å²) in [5.41, 5.74) is 0.312. The molecule has 1 aliphatic heterocycles. The molecule has 1 aromatic carbocycles. The molecular weight excluding hydrogens is 441 g/mol. The van der Waals surface area contributed by atoms with Gasteiger partial charge in [-0.05, 0) is 52.9 Å². The molecule has 1 amide bonds. The van der Waals surface area contributed by atoms with E-state index in [1.807, 2.05) is 6.07 Å². The molecule has 7 nitrogen and oxygen atoms in total. The van der Waals surface area contributed by atoms with Gasteiger partial charge in [-0.25, -0.2) is 9.37 Å². The number of benzene rings is 1. The fourth-order valence-corrected chi connectivity index (χ4v) is 4.52. The summed E-state index contributed by atoms with van der Waals surface area (Å²) in [7, 11) is 0. The summed E-state index contributed by atoms with van der Waals surface area (Å²) in [6.07, 6.45) is 6.20. The van der Waals surface area contributed by atoms with Crippen molar-refractivity contribution in [3.05, 3.63) is 64.8 Å². The van der Waals surface area contributed by atoms with Gasteiger partial charge in [-0.3, -0.25) is 4.79 Å². The van der Waals surface area contributed by atoms with Crippen LogP contribution < -0.4 is 4.74 Å². The number of hydrogen-bond donors (Lipinski definition) is 0. The maximum atomic E-state index is 14.5. The molecule has 2 aromatic heterocycles. The molecule has 1 saturated carbocycles. The van der Waals surface area contributed by atoms with Crippen LogP contribution in [0.5, 0.6) is 5.88 Å². The van der Waals surface area contributed by atoms with Gasteiger partial charge in [0.15, 0.2) is 5.82 Å². The first-order valence-corrected chi connectivity index (χ1v) is 10.1. The van der Waals surface area contributed by atoms with Crippen molar-refractivity contribution in [3.8, 4) is 11.6 Å². The third kappa shape index (κ3) is 3.29. The Morgan fingerprint density at radius 1 is 1.17 bits per heavy atom. The van der Waals surface area contributed by atoms with Crippen LogP contribution in [0.25, 0.3) is 5.69 Å². The SMILES string of the molecule is O=C(c1cccc(F)c1-n1nccn1)N1CC2CC(Oc3ccc(Br)cn3)[C@H]1C2. The Bertz CT molecular complexity index is 1040. The lowest BCUT2D eigenvalue weighted by Crippen LogP contribution is -2.47. The zero-order valence-corrected chi connectivity index (χ0v) is 16.9. The second-order valence-corrected chi connectivity index (χ2v) is 8.20. The van der Waals surface area contributed by atoms with Gasteiger partial charge in [-0.15, -0.1) is 4.80 Å². The van der Waals surface area contributed by atoms with E-state index in [1.165, 1.54) is 24.5 Å². The predicted molar refractivity (Wildman–Crippen MR) is 105 cm³/mol. The molecule has 5 rings (SSSR count). The van der Waals surface area contributed by atoms with Gasteiger partial charge in [0.05, 0.1) is 24.0 Å². The molecule has 0 radical (unpaired) electrons. The smallest absolute Gasteiger partial charge is 0.256 e. The molecular formula is C20H17BrFN5O2. The average molecular weight is 458 g/mol. The first kappa shape index (κ1) is 18.2. The molecule has 2 bridgehead atoms. The number of piperidine rings is 1. The number of carbonyl (C=O) groups excluding carboxylic acids is 1. The Morgan fingerprint density at radius 2 is 2.00 bits per heavy atom. The van der Waals surface area contributed by atoms with E-state index in [2.05, 4.69) is 31.1 Å². The molecule has 29 heavy (non-hydrogen) atoms. The van der Waals surface area contributed by atoms with Crippen LogP contribution in [0.15, 0.2) is 53.4 Å². The molecule has 2 aliphatic rings. The fraction of sp³-hybridized carbons (Fsp3) is 0.300. The van der Waals surface area contributed by atoms with Crippen molar-refractivity contribution in [2.45, 2.75) is 25.0 Å². The first-order valence-electron chi connectivity index (χ1n) is 9.34. The van der Waals surface area contributed by atoms with Gasteiger partial charge in [0, 0.05) is 23.3 Å². The van der Waals surface area contributed by atoms with E-state index < -0.39 is 5.82 Å². The molecule has 1 aliphatic carbocycles. The summed E-state index contributed by atoms with van der Waals surface area (Å²) in [4.78, 5) is 20.6. The van der Waals surface area contributed by atoms with Crippen LogP contribution in [0.1, 0.15) is 23.2 Å². The van der Waals surface area contributed by atoms with E-state index in [4.69, 9.17) is 4.74 Å². The van der Waals surface area contributed by atoms with Crippen LogP contribution in [-0.4, -0.2) is 49.5 Å². The summed E-state index contributed by atoms with van der Waals surface area (Å²) in [5.74, 6) is 0.124. The van der Waals surface area contributed by atoms with Gasteiger partial charge in [0.1, 0.15) is 11.8 Å². The lowest BCUT2D eigenvalue weighted by Gasteiger charge is -2.33. The minimum Gasteiger partial charge on any atom is -0.472 e. The minimum absolute atomic E-state index is 0.0670. The van der Waals surface area contributed by atoms with Crippen molar-refractivity contribution < 1.29 is 13.9 Å². The van der Waals surface area contributed by atoms with Gasteiger partial charge in [0.25, 0.3) is 5.91 Å². The summed E-state index contributed by atoms with van der Waals surface area (Å²) in [5, 5.41) is 8.00. The predicted octanol–water partition coefficient (Wildman–Crippen LogP) is 3.25. The van der Waals surface area contributed by atoms with Crippen molar-refractivity contribution in [1.29, 1.82) is 0 Å². The summed E-state index contributed by atoms with van der Waals surface area (Å²) >= 11 is 3.36. The van der Waals surface area contributed by atoms with Crippen molar-refractivity contribution in [2.75, 3.05) is 6.54 Å². The second-order valence-electron chi connectivity index (χ2n) is 7.29. The molecule has 3 aromatic rings. The molecule has 1 saturated heterocycles. The zero-order chi connectivity index (χ0) is 20.0. The summed E-state index contributed by atoms with van der Waals surface area (Å²) in [6.45, 7) is 0.639. The second kappa shape index (κ2) is 7.22.